The van der Waals surface area contributed by atoms with Crippen LogP contribution in [0, 0.1) is 0 Å². The molecule has 7 heteroatoms. The standard InChI is InChI=1S/C14H25N3O4/c1-21-12-3-7-17(8-4-12)14(20)16-6-2-5-15(9-10-16)11-13(18)19/h12H,2-11H2,1H3,(H,18,19). The van der Waals surface area contributed by atoms with E-state index in [1.54, 1.807) is 7.11 Å². The molecule has 2 fully saturated rings. The number of piperidine rings is 1. The predicted molar refractivity (Wildman–Crippen MR) is 77.3 cm³/mol. The topological polar surface area (TPSA) is 73.3 Å². The Kier molecular flexibility index (Phi) is 5.81. The minimum absolute atomic E-state index is 0.0568. The van der Waals surface area contributed by atoms with Crippen LogP contribution in [0.15, 0.2) is 0 Å². The fourth-order valence-corrected chi connectivity index (χ4v) is 2.99. The first-order chi connectivity index (χ1) is 10.1. The zero-order valence-corrected chi connectivity index (χ0v) is 12.7. The molecule has 0 radical (unpaired) electrons. The number of methoxy groups -OCH3 is 1. The van der Waals surface area contributed by atoms with Crippen LogP contribution in [-0.2, 0) is 9.53 Å². The Hall–Kier alpha value is -1.34. The third-order valence-electron chi connectivity index (χ3n) is 4.26. The second-order valence-electron chi connectivity index (χ2n) is 5.72. The van der Waals surface area contributed by atoms with Crippen LogP contribution in [0.2, 0.25) is 0 Å². The van der Waals surface area contributed by atoms with E-state index in [1.165, 1.54) is 0 Å². The van der Waals surface area contributed by atoms with Crippen LogP contribution < -0.4 is 0 Å². The number of ether oxygens (including phenoxy) is 1. The molecule has 0 aliphatic carbocycles. The molecule has 2 amide bonds. The number of amides is 2. The van der Waals surface area contributed by atoms with Gasteiger partial charge in [-0.1, -0.05) is 0 Å². The van der Waals surface area contributed by atoms with Crippen molar-refractivity contribution in [2.75, 3.05) is 52.9 Å². The summed E-state index contributed by atoms with van der Waals surface area (Å²) in [6, 6.07) is 0.0849. The minimum Gasteiger partial charge on any atom is -0.480 e. The molecule has 0 aromatic heterocycles. The van der Waals surface area contributed by atoms with E-state index in [0.717, 1.165) is 38.9 Å². The van der Waals surface area contributed by atoms with E-state index in [4.69, 9.17) is 9.84 Å². The van der Waals surface area contributed by atoms with Gasteiger partial charge in [-0.25, -0.2) is 4.79 Å². The smallest absolute Gasteiger partial charge is 0.320 e. The van der Waals surface area contributed by atoms with Crippen molar-refractivity contribution in [3.63, 3.8) is 0 Å². The van der Waals surface area contributed by atoms with Gasteiger partial charge in [0.2, 0.25) is 0 Å². The van der Waals surface area contributed by atoms with Crippen molar-refractivity contribution in [3.05, 3.63) is 0 Å². The first-order valence-corrected chi connectivity index (χ1v) is 7.61. The van der Waals surface area contributed by atoms with Gasteiger partial charge in [-0.05, 0) is 19.3 Å². The van der Waals surface area contributed by atoms with E-state index in [9.17, 15) is 9.59 Å². The number of nitrogens with zero attached hydrogens (tertiary/aromatic N) is 3. The summed E-state index contributed by atoms with van der Waals surface area (Å²) in [6.07, 6.45) is 2.87. The van der Waals surface area contributed by atoms with Crippen LogP contribution in [0.4, 0.5) is 4.79 Å². The number of hydrogen-bond acceptors (Lipinski definition) is 4. The molecule has 2 saturated heterocycles. The van der Waals surface area contributed by atoms with Gasteiger partial charge in [-0.2, -0.15) is 0 Å². The molecule has 2 aliphatic rings. The summed E-state index contributed by atoms with van der Waals surface area (Å²) in [5, 5.41) is 8.84. The molecular formula is C14H25N3O4. The maximum absolute atomic E-state index is 12.5. The van der Waals surface area contributed by atoms with Crippen molar-refractivity contribution in [2.45, 2.75) is 25.4 Å². The Morgan fingerprint density at radius 2 is 1.71 bits per heavy atom. The lowest BCUT2D eigenvalue weighted by atomic mass is 10.1. The van der Waals surface area contributed by atoms with Gasteiger partial charge in [0.15, 0.2) is 0 Å². The highest BCUT2D eigenvalue weighted by Gasteiger charge is 2.27. The Bertz CT molecular complexity index is 369. The Morgan fingerprint density at radius 3 is 2.33 bits per heavy atom. The Morgan fingerprint density at radius 1 is 1.05 bits per heavy atom. The molecule has 0 atom stereocenters. The van der Waals surface area contributed by atoms with E-state index in [0.29, 0.717) is 19.6 Å². The highest BCUT2D eigenvalue weighted by atomic mass is 16.5. The highest BCUT2D eigenvalue weighted by molar-refractivity contribution is 5.74. The van der Waals surface area contributed by atoms with Crippen molar-refractivity contribution >= 4 is 12.0 Å². The first kappa shape index (κ1) is 16.0. The van der Waals surface area contributed by atoms with Gasteiger partial charge in [0.25, 0.3) is 0 Å². The van der Waals surface area contributed by atoms with E-state index < -0.39 is 5.97 Å². The summed E-state index contributed by atoms with van der Waals surface area (Å²) in [5.74, 6) is -0.809. The van der Waals surface area contributed by atoms with E-state index in [2.05, 4.69) is 0 Å². The zero-order chi connectivity index (χ0) is 15.2. The first-order valence-electron chi connectivity index (χ1n) is 7.61. The molecule has 0 saturated carbocycles. The quantitative estimate of drug-likeness (QED) is 0.812. The monoisotopic (exact) mass is 299 g/mol. The van der Waals surface area contributed by atoms with Crippen molar-refractivity contribution in [1.82, 2.24) is 14.7 Å². The lowest BCUT2D eigenvalue weighted by Crippen LogP contribution is -2.48. The third kappa shape index (κ3) is 4.57. The lowest BCUT2D eigenvalue weighted by molar-refractivity contribution is -0.138. The molecule has 0 aromatic rings. The van der Waals surface area contributed by atoms with Crippen LogP contribution >= 0.6 is 0 Å². The van der Waals surface area contributed by atoms with Crippen molar-refractivity contribution < 1.29 is 19.4 Å². The summed E-state index contributed by atoms with van der Waals surface area (Å²) in [7, 11) is 1.72. The zero-order valence-electron chi connectivity index (χ0n) is 12.7. The van der Waals surface area contributed by atoms with Gasteiger partial charge in [0, 0.05) is 46.4 Å². The molecule has 2 heterocycles. The number of likely N-dealkylation sites (tertiary alicyclic amines) is 1. The summed E-state index contributed by atoms with van der Waals surface area (Å²) >= 11 is 0. The van der Waals surface area contributed by atoms with Gasteiger partial charge in [-0.3, -0.25) is 9.69 Å². The molecule has 2 aliphatic heterocycles. The normalized spacial score (nSPS) is 22.1. The van der Waals surface area contributed by atoms with Gasteiger partial charge >= 0.3 is 12.0 Å². The minimum atomic E-state index is -0.809. The largest absolute Gasteiger partial charge is 0.480 e. The maximum Gasteiger partial charge on any atom is 0.320 e. The molecular weight excluding hydrogens is 274 g/mol. The molecule has 2 rings (SSSR count). The number of carboxylic acid groups (broad SMARTS) is 1. The number of carbonyl (C=O) groups is 2. The Balaban J connectivity index is 1.81. The van der Waals surface area contributed by atoms with Crippen molar-refractivity contribution in [1.29, 1.82) is 0 Å². The van der Waals surface area contributed by atoms with E-state index >= 15 is 0 Å². The van der Waals surface area contributed by atoms with Crippen LogP contribution in [0.5, 0.6) is 0 Å². The average molecular weight is 299 g/mol. The number of hydrogen-bond donors (Lipinski definition) is 1. The Labute approximate surface area is 125 Å². The van der Waals surface area contributed by atoms with Crippen molar-refractivity contribution in [2.24, 2.45) is 0 Å². The summed E-state index contributed by atoms with van der Waals surface area (Å²) in [6.45, 7) is 4.23. The summed E-state index contributed by atoms with van der Waals surface area (Å²) < 4.78 is 5.32. The molecule has 0 aromatic carbocycles. The van der Waals surface area contributed by atoms with Gasteiger partial charge in [0.1, 0.15) is 0 Å². The number of carbonyl (C=O) groups excluding carboxylic acids is 1. The molecule has 0 bridgehead atoms. The number of carboxylic acids is 1. The maximum atomic E-state index is 12.5. The SMILES string of the molecule is COC1CCN(C(=O)N2CCCN(CC(=O)O)CC2)CC1. The van der Waals surface area contributed by atoms with Crippen LogP contribution in [0.3, 0.4) is 0 Å². The summed E-state index contributed by atoms with van der Waals surface area (Å²) in [5.41, 5.74) is 0. The van der Waals surface area contributed by atoms with Gasteiger partial charge < -0.3 is 19.6 Å². The number of aliphatic carboxylic acids is 1. The third-order valence-corrected chi connectivity index (χ3v) is 4.26. The average Bonchev–Trinajstić information content (AvgIpc) is 2.71. The molecule has 1 N–H and O–H groups in total. The van der Waals surface area contributed by atoms with E-state index in [-0.39, 0.29) is 18.7 Å². The second-order valence-corrected chi connectivity index (χ2v) is 5.72. The van der Waals surface area contributed by atoms with Crippen LogP contribution in [-0.4, -0.2) is 90.8 Å². The molecule has 120 valence electrons. The van der Waals surface area contributed by atoms with Gasteiger partial charge in [-0.15, -0.1) is 0 Å². The molecule has 21 heavy (non-hydrogen) atoms. The van der Waals surface area contributed by atoms with Crippen LogP contribution in [0.1, 0.15) is 19.3 Å². The number of rotatable bonds is 3. The van der Waals surface area contributed by atoms with Crippen molar-refractivity contribution in [3.8, 4) is 0 Å². The molecule has 0 unspecified atom stereocenters. The van der Waals surface area contributed by atoms with Gasteiger partial charge in [0.05, 0.1) is 12.6 Å². The van der Waals surface area contributed by atoms with E-state index in [1.807, 2.05) is 14.7 Å². The predicted octanol–water partition coefficient (Wildman–Crippen LogP) is 0.310. The molecule has 0 spiro atoms. The lowest BCUT2D eigenvalue weighted by Gasteiger charge is -2.35. The summed E-state index contributed by atoms with van der Waals surface area (Å²) in [4.78, 5) is 28.9. The highest BCUT2D eigenvalue weighted by Crippen LogP contribution is 2.15. The fourth-order valence-electron chi connectivity index (χ4n) is 2.99. The van der Waals surface area contributed by atoms with Crippen LogP contribution in [0.25, 0.3) is 0 Å². The molecule has 7 nitrogen and oxygen atoms in total. The second kappa shape index (κ2) is 7.61. The fraction of sp³-hybridized carbons (Fsp3) is 0.857. The number of urea groups is 1.